The molecule has 0 saturated carbocycles. The van der Waals surface area contributed by atoms with Crippen LogP contribution in [-0.4, -0.2) is 40.3 Å². The van der Waals surface area contributed by atoms with Gasteiger partial charge in [0, 0.05) is 0 Å². The fraction of sp³-hybridized carbons (Fsp3) is 1.00. The molecule has 3 fully saturated rings. The summed E-state index contributed by atoms with van der Waals surface area (Å²) in [4.78, 5) is 0.736. The molecule has 3 saturated heterocycles. The van der Waals surface area contributed by atoms with E-state index in [1.165, 1.54) is 25.7 Å². The van der Waals surface area contributed by atoms with Gasteiger partial charge in [0.1, 0.15) is 0 Å². The van der Waals surface area contributed by atoms with Crippen molar-refractivity contribution in [2.75, 3.05) is 18.5 Å². The maximum absolute atomic E-state index is 7.25. The van der Waals surface area contributed by atoms with Gasteiger partial charge in [0.2, 0.25) is 0 Å². The van der Waals surface area contributed by atoms with Crippen molar-refractivity contribution >= 4 is 26.1 Å². The Morgan fingerprint density at radius 1 is 0.824 bits per heavy atom. The molecule has 3 rings (SSSR count). The Kier molecular flexibility index (Phi) is 3.35. The van der Waals surface area contributed by atoms with E-state index < -0.39 is 14.5 Å². The summed E-state index contributed by atoms with van der Waals surface area (Å²) in [6.45, 7) is 7.66. The van der Waals surface area contributed by atoms with Gasteiger partial charge in [0.05, 0.1) is 0 Å². The molecular weight excluding hydrogens is 266 g/mol. The molecule has 2 spiro atoms. The van der Waals surface area contributed by atoms with Gasteiger partial charge in [-0.15, -0.1) is 0 Å². The van der Waals surface area contributed by atoms with E-state index in [1.54, 1.807) is 18.5 Å². The van der Waals surface area contributed by atoms with Gasteiger partial charge in [0.15, 0.2) is 0 Å². The maximum atomic E-state index is 7.25. The molecule has 0 aromatic rings. The van der Waals surface area contributed by atoms with Crippen LogP contribution in [0.25, 0.3) is 0 Å². The standard InChI is InChI=1S/C14H29ClP2/c1-11-5-4-8-16(11)9-10-17(14(16)15)12(2)6-7-13(17)3/h11-14,16-17H,4-10H2,1-3H3/t11-,12-,13-,14?/m1/s1. The molecule has 4 atom stereocenters. The van der Waals surface area contributed by atoms with Crippen LogP contribution in [0.5, 0.6) is 0 Å². The average Bonchev–Trinajstić information content (AvgIpc) is 2.90. The fourth-order valence-corrected chi connectivity index (χ4v) is 28.9. The molecule has 0 aromatic carbocycles. The number of hydrogen-bond acceptors (Lipinski definition) is 0. The Hall–Kier alpha value is 1.15. The minimum absolute atomic E-state index is 0.736. The first-order chi connectivity index (χ1) is 8.04. The van der Waals surface area contributed by atoms with Crippen molar-refractivity contribution in [2.24, 2.45) is 0 Å². The Morgan fingerprint density at radius 2 is 1.47 bits per heavy atom. The van der Waals surface area contributed by atoms with Gasteiger partial charge in [0.25, 0.3) is 0 Å². The second-order valence-electron chi connectivity index (χ2n) is 7.38. The van der Waals surface area contributed by atoms with Crippen molar-refractivity contribution in [1.29, 1.82) is 0 Å². The van der Waals surface area contributed by atoms with Crippen LogP contribution in [0.1, 0.15) is 46.5 Å². The third-order valence-electron chi connectivity index (χ3n) is 7.13. The van der Waals surface area contributed by atoms with Crippen LogP contribution in [0.4, 0.5) is 0 Å². The summed E-state index contributed by atoms with van der Waals surface area (Å²) in [5.74, 6) is 0. The molecule has 0 radical (unpaired) electrons. The SMILES string of the molecule is C[C@@H]1CCC[PH]12CC[PH]1(C2Cl)[C@H](C)CC[C@H]1C. The quantitative estimate of drug-likeness (QED) is 0.446. The van der Waals surface area contributed by atoms with Crippen molar-refractivity contribution in [1.82, 2.24) is 0 Å². The van der Waals surface area contributed by atoms with Gasteiger partial charge >= 0.3 is 113 Å². The van der Waals surface area contributed by atoms with Crippen LogP contribution in [0.15, 0.2) is 0 Å². The van der Waals surface area contributed by atoms with Gasteiger partial charge < -0.3 is 0 Å². The summed E-state index contributed by atoms with van der Waals surface area (Å²) in [6.07, 6.45) is 10.8. The summed E-state index contributed by atoms with van der Waals surface area (Å²) in [5, 5.41) is 0. The van der Waals surface area contributed by atoms with E-state index in [1.807, 2.05) is 0 Å². The van der Waals surface area contributed by atoms with Gasteiger partial charge in [-0.3, -0.25) is 0 Å². The molecule has 3 heteroatoms. The third-order valence-corrected chi connectivity index (χ3v) is 25.5. The zero-order valence-electron chi connectivity index (χ0n) is 11.6. The van der Waals surface area contributed by atoms with Crippen LogP contribution in [0.2, 0.25) is 0 Å². The van der Waals surface area contributed by atoms with Crippen LogP contribution in [0, 0.1) is 0 Å². The van der Waals surface area contributed by atoms with Crippen LogP contribution >= 0.6 is 26.1 Å². The van der Waals surface area contributed by atoms with Gasteiger partial charge in [-0.05, 0) is 0 Å². The molecule has 0 aliphatic carbocycles. The molecule has 3 heterocycles. The number of alkyl halides is 1. The molecular formula is C14H29ClP2. The van der Waals surface area contributed by atoms with Crippen molar-refractivity contribution < 1.29 is 0 Å². The van der Waals surface area contributed by atoms with Crippen LogP contribution in [0.3, 0.4) is 0 Å². The Bertz CT molecular complexity index is 309. The van der Waals surface area contributed by atoms with Gasteiger partial charge in [-0.2, -0.15) is 0 Å². The van der Waals surface area contributed by atoms with Crippen LogP contribution < -0.4 is 0 Å². The zero-order valence-corrected chi connectivity index (χ0v) is 14.4. The molecule has 0 bridgehead atoms. The third kappa shape index (κ3) is 1.57. The van der Waals surface area contributed by atoms with Crippen molar-refractivity contribution in [3.8, 4) is 0 Å². The first kappa shape index (κ1) is 13.1. The second kappa shape index (κ2) is 4.33. The first-order valence-electron chi connectivity index (χ1n) is 7.68. The Labute approximate surface area is 113 Å². The number of halogens is 1. The van der Waals surface area contributed by atoms with E-state index in [9.17, 15) is 0 Å². The predicted molar refractivity (Wildman–Crippen MR) is 87.7 cm³/mol. The van der Waals surface area contributed by atoms with Crippen molar-refractivity contribution in [3.63, 3.8) is 0 Å². The van der Waals surface area contributed by atoms with E-state index in [-0.39, 0.29) is 0 Å². The molecule has 102 valence electrons. The normalized spacial score (nSPS) is 51.1. The summed E-state index contributed by atoms with van der Waals surface area (Å²) in [5.41, 5.74) is 3.09. The number of rotatable bonds is 0. The number of hydrogen-bond donors (Lipinski definition) is 0. The summed E-state index contributed by atoms with van der Waals surface area (Å²) in [6, 6.07) is 0. The summed E-state index contributed by atoms with van der Waals surface area (Å²) >= 11 is 7.25. The van der Waals surface area contributed by atoms with E-state index in [0.29, 0.717) is 0 Å². The molecule has 0 N–H and O–H groups in total. The molecule has 3 aliphatic heterocycles. The molecule has 0 amide bonds. The van der Waals surface area contributed by atoms with E-state index in [2.05, 4.69) is 20.8 Å². The van der Waals surface area contributed by atoms with Gasteiger partial charge in [-0.25, -0.2) is 0 Å². The van der Waals surface area contributed by atoms with Crippen LogP contribution in [-0.2, 0) is 0 Å². The minimum atomic E-state index is -1.13. The Balaban J connectivity index is 1.96. The average molecular weight is 295 g/mol. The second-order valence-corrected chi connectivity index (χ2v) is 19.4. The molecule has 17 heavy (non-hydrogen) atoms. The molecule has 0 nitrogen and oxygen atoms in total. The molecule has 0 aromatic heterocycles. The zero-order chi connectivity index (χ0) is 12.3. The van der Waals surface area contributed by atoms with E-state index in [0.717, 1.165) is 21.8 Å². The summed E-state index contributed by atoms with van der Waals surface area (Å²) in [7, 11) is -2.20. The van der Waals surface area contributed by atoms with Gasteiger partial charge in [-0.1, -0.05) is 0 Å². The summed E-state index contributed by atoms with van der Waals surface area (Å²) < 4.78 is 0. The monoisotopic (exact) mass is 294 g/mol. The predicted octanol–water partition coefficient (Wildman–Crippen LogP) is 4.78. The Morgan fingerprint density at radius 3 is 2.00 bits per heavy atom. The van der Waals surface area contributed by atoms with Crippen molar-refractivity contribution in [2.45, 2.75) is 68.3 Å². The topological polar surface area (TPSA) is 0 Å². The molecule has 1 unspecified atom stereocenters. The van der Waals surface area contributed by atoms with E-state index in [4.69, 9.17) is 11.6 Å². The molecule has 3 aliphatic rings. The fourth-order valence-electron chi connectivity index (χ4n) is 5.77. The van der Waals surface area contributed by atoms with Crippen molar-refractivity contribution in [3.05, 3.63) is 0 Å². The van der Waals surface area contributed by atoms with E-state index >= 15 is 0 Å². The first-order valence-corrected chi connectivity index (χ1v) is 13.1.